The first-order valence-electron chi connectivity index (χ1n) is 7.53. The molecule has 1 atom stereocenters. The SMILES string of the molecule is Cc1cccc2c1OCCCC2N1CCCNCC1. The van der Waals surface area contributed by atoms with Gasteiger partial charge in [0.1, 0.15) is 5.75 Å². The number of fused-ring (bicyclic) bond motifs is 1. The van der Waals surface area contributed by atoms with E-state index >= 15 is 0 Å². The van der Waals surface area contributed by atoms with E-state index in [1.54, 1.807) is 0 Å². The fourth-order valence-corrected chi connectivity index (χ4v) is 3.30. The number of benzene rings is 1. The molecule has 3 nitrogen and oxygen atoms in total. The molecule has 0 saturated carbocycles. The Morgan fingerprint density at radius 1 is 1.21 bits per heavy atom. The van der Waals surface area contributed by atoms with Crippen molar-refractivity contribution < 1.29 is 4.74 Å². The van der Waals surface area contributed by atoms with E-state index < -0.39 is 0 Å². The highest BCUT2D eigenvalue weighted by Gasteiger charge is 2.26. The second kappa shape index (κ2) is 5.93. The fraction of sp³-hybridized carbons (Fsp3) is 0.625. The van der Waals surface area contributed by atoms with Gasteiger partial charge in [-0.3, -0.25) is 4.90 Å². The van der Waals surface area contributed by atoms with E-state index in [0.29, 0.717) is 6.04 Å². The minimum Gasteiger partial charge on any atom is -0.493 e. The Morgan fingerprint density at radius 2 is 2.16 bits per heavy atom. The number of nitrogens with zero attached hydrogens (tertiary/aromatic N) is 1. The van der Waals surface area contributed by atoms with Crippen LogP contribution in [0.5, 0.6) is 5.75 Å². The molecule has 1 aromatic rings. The van der Waals surface area contributed by atoms with Crippen LogP contribution in [-0.2, 0) is 0 Å². The molecule has 2 aliphatic heterocycles. The van der Waals surface area contributed by atoms with Crippen LogP contribution in [0.25, 0.3) is 0 Å². The zero-order chi connectivity index (χ0) is 13.1. The van der Waals surface area contributed by atoms with Crippen LogP contribution < -0.4 is 10.1 Å². The van der Waals surface area contributed by atoms with Crippen LogP contribution in [0.15, 0.2) is 18.2 Å². The predicted octanol–water partition coefficient (Wildman–Crippen LogP) is 2.50. The Morgan fingerprint density at radius 3 is 3.11 bits per heavy atom. The van der Waals surface area contributed by atoms with Crippen molar-refractivity contribution in [3.05, 3.63) is 29.3 Å². The maximum atomic E-state index is 5.99. The molecule has 104 valence electrons. The molecule has 0 spiro atoms. The van der Waals surface area contributed by atoms with E-state index in [1.807, 2.05) is 0 Å². The molecule has 1 unspecified atom stereocenters. The van der Waals surface area contributed by atoms with Gasteiger partial charge in [0.05, 0.1) is 6.61 Å². The third-order valence-corrected chi connectivity index (χ3v) is 4.29. The van der Waals surface area contributed by atoms with E-state index in [2.05, 4.69) is 35.3 Å². The van der Waals surface area contributed by atoms with Crippen molar-refractivity contribution >= 4 is 0 Å². The molecule has 0 aromatic heterocycles. The summed E-state index contributed by atoms with van der Waals surface area (Å²) in [4.78, 5) is 2.65. The minimum absolute atomic E-state index is 0.539. The first-order chi connectivity index (χ1) is 9.36. The molecule has 3 rings (SSSR count). The topological polar surface area (TPSA) is 24.5 Å². The Hall–Kier alpha value is -1.06. The molecule has 0 radical (unpaired) electrons. The summed E-state index contributed by atoms with van der Waals surface area (Å²) in [6, 6.07) is 7.13. The summed E-state index contributed by atoms with van der Waals surface area (Å²) in [5.74, 6) is 1.14. The van der Waals surface area contributed by atoms with Crippen molar-refractivity contribution in [2.45, 2.75) is 32.2 Å². The maximum absolute atomic E-state index is 5.99. The predicted molar refractivity (Wildman–Crippen MR) is 77.7 cm³/mol. The van der Waals surface area contributed by atoms with Crippen molar-refractivity contribution in [2.75, 3.05) is 32.8 Å². The lowest BCUT2D eigenvalue weighted by Crippen LogP contribution is -2.32. The molecule has 1 saturated heterocycles. The fourth-order valence-electron chi connectivity index (χ4n) is 3.30. The van der Waals surface area contributed by atoms with Gasteiger partial charge in [-0.2, -0.15) is 0 Å². The van der Waals surface area contributed by atoms with Crippen LogP contribution in [0.4, 0.5) is 0 Å². The van der Waals surface area contributed by atoms with Crippen molar-refractivity contribution in [3.63, 3.8) is 0 Å². The summed E-state index contributed by atoms with van der Waals surface area (Å²) in [6.45, 7) is 7.63. The van der Waals surface area contributed by atoms with Gasteiger partial charge in [-0.1, -0.05) is 18.2 Å². The monoisotopic (exact) mass is 260 g/mol. The van der Waals surface area contributed by atoms with Gasteiger partial charge < -0.3 is 10.1 Å². The van der Waals surface area contributed by atoms with Crippen LogP contribution in [-0.4, -0.2) is 37.7 Å². The van der Waals surface area contributed by atoms with E-state index in [0.717, 1.165) is 38.4 Å². The lowest BCUT2D eigenvalue weighted by Gasteiger charge is -2.30. The summed E-state index contributed by atoms with van der Waals surface area (Å²) in [6.07, 6.45) is 3.62. The number of hydrogen-bond donors (Lipinski definition) is 1. The van der Waals surface area contributed by atoms with Crippen LogP contribution >= 0.6 is 0 Å². The Bertz CT molecular complexity index is 425. The highest BCUT2D eigenvalue weighted by Crippen LogP contribution is 2.37. The standard InChI is InChI=1S/C16H24N2O/c1-13-5-2-6-14-15(7-3-12-19-16(13)14)18-10-4-8-17-9-11-18/h2,5-6,15,17H,3-4,7-12H2,1H3. The summed E-state index contributed by atoms with van der Waals surface area (Å²) in [5.41, 5.74) is 2.68. The number of rotatable bonds is 1. The summed E-state index contributed by atoms with van der Waals surface area (Å²) in [5, 5.41) is 3.49. The van der Waals surface area contributed by atoms with Gasteiger partial charge in [-0.15, -0.1) is 0 Å². The normalized spacial score (nSPS) is 25.0. The molecule has 0 amide bonds. The Kier molecular flexibility index (Phi) is 4.04. The van der Waals surface area contributed by atoms with E-state index in [4.69, 9.17) is 4.74 Å². The van der Waals surface area contributed by atoms with Crippen LogP contribution in [0.3, 0.4) is 0 Å². The zero-order valence-corrected chi connectivity index (χ0v) is 11.8. The maximum Gasteiger partial charge on any atom is 0.126 e. The molecule has 2 heterocycles. The zero-order valence-electron chi connectivity index (χ0n) is 11.8. The number of ether oxygens (including phenoxy) is 1. The first kappa shape index (κ1) is 12.9. The van der Waals surface area contributed by atoms with Gasteiger partial charge in [-0.25, -0.2) is 0 Å². The van der Waals surface area contributed by atoms with Gasteiger partial charge in [0.25, 0.3) is 0 Å². The van der Waals surface area contributed by atoms with Crippen molar-refractivity contribution in [1.29, 1.82) is 0 Å². The third kappa shape index (κ3) is 2.77. The Labute approximate surface area is 115 Å². The summed E-state index contributed by atoms with van der Waals surface area (Å²) in [7, 11) is 0. The molecule has 1 fully saturated rings. The number of para-hydroxylation sites is 1. The van der Waals surface area contributed by atoms with Gasteiger partial charge >= 0.3 is 0 Å². The molecule has 0 aliphatic carbocycles. The Balaban J connectivity index is 1.90. The molecular formula is C16H24N2O. The number of nitrogens with one attached hydrogen (secondary N) is 1. The highest BCUT2D eigenvalue weighted by atomic mass is 16.5. The molecule has 2 aliphatic rings. The molecular weight excluding hydrogens is 236 g/mol. The van der Waals surface area contributed by atoms with Gasteiger partial charge in [0, 0.05) is 31.2 Å². The second-order valence-electron chi connectivity index (χ2n) is 5.64. The largest absolute Gasteiger partial charge is 0.493 e. The van der Waals surface area contributed by atoms with Gasteiger partial charge in [0.15, 0.2) is 0 Å². The second-order valence-corrected chi connectivity index (χ2v) is 5.64. The highest BCUT2D eigenvalue weighted by molar-refractivity contribution is 5.43. The number of aryl methyl sites for hydroxylation is 1. The van der Waals surface area contributed by atoms with Crippen molar-refractivity contribution in [1.82, 2.24) is 10.2 Å². The summed E-state index contributed by atoms with van der Waals surface area (Å²) < 4.78 is 5.99. The lowest BCUT2D eigenvalue weighted by molar-refractivity contribution is 0.199. The molecule has 0 bridgehead atoms. The van der Waals surface area contributed by atoms with Crippen LogP contribution in [0.1, 0.15) is 36.4 Å². The van der Waals surface area contributed by atoms with Gasteiger partial charge in [-0.05, 0) is 38.3 Å². The average Bonchev–Trinajstić information content (AvgIpc) is 2.79. The van der Waals surface area contributed by atoms with Crippen LogP contribution in [0.2, 0.25) is 0 Å². The molecule has 3 heteroatoms. The van der Waals surface area contributed by atoms with E-state index in [9.17, 15) is 0 Å². The van der Waals surface area contributed by atoms with Crippen molar-refractivity contribution in [2.24, 2.45) is 0 Å². The van der Waals surface area contributed by atoms with E-state index in [-0.39, 0.29) is 0 Å². The smallest absolute Gasteiger partial charge is 0.126 e. The molecule has 1 N–H and O–H groups in total. The van der Waals surface area contributed by atoms with Gasteiger partial charge in [0.2, 0.25) is 0 Å². The first-order valence-corrected chi connectivity index (χ1v) is 7.53. The average molecular weight is 260 g/mol. The quantitative estimate of drug-likeness (QED) is 0.839. The number of hydrogen-bond acceptors (Lipinski definition) is 3. The molecule has 1 aromatic carbocycles. The minimum atomic E-state index is 0.539. The molecule has 19 heavy (non-hydrogen) atoms. The summed E-state index contributed by atoms with van der Waals surface area (Å²) >= 11 is 0. The van der Waals surface area contributed by atoms with E-state index in [1.165, 1.54) is 30.5 Å². The lowest BCUT2D eigenvalue weighted by atomic mass is 9.98. The van der Waals surface area contributed by atoms with Crippen molar-refractivity contribution in [3.8, 4) is 5.75 Å². The third-order valence-electron chi connectivity index (χ3n) is 4.29. The van der Waals surface area contributed by atoms with Crippen LogP contribution in [0, 0.1) is 6.92 Å².